The van der Waals surface area contributed by atoms with E-state index in [-0.39, 0.29) is 11.5 Å². The summed E-state index contributed by atoms with van der Waals surface area (Å²) < 4.78 is 5.59. The van der Waals surface area contributed by atoms with Crippen molar-refractivity contribution in [2.45, 2.75) is 46.1 Å². The fraction of sp³-hybridized carbons (Fsp3) is 0.571. The van der Waals surface area contributed by atoms with Crippen LogP contribution in [0.4, 0.5) is 0 Å². The van der Waals surface area contributed by atoms with E-state index >= 15 is 0 Å². The molecule has 1 rings (SSSR count). The van der Waals surface area contributed by atoms with Crippen LogP contribution in [0.3, 0.4) is 0 Å². The fourth-order valence-electron chi connectivity index (χ4n) is 1.66. The van der Waals surface area contributed by atoms with E-state index in [4.69, 9.17) is 10.5 Å². The lowest BCUT2D eigenvalue weighted by Gasteiger charge is -2.22. The monoisotopic (exact) mass is 221 g/mol. The van der Waals surface area contributed by atoms with Gasteiger partial charge in [-0.05, 0) is 30.9 Å². The van der Waals surface area contributed by atoms with Gasteiger partial charge in [-0.25, -0.2) is 0 Å². The highest BCUT2D eigenvalue weighted by Crippen LogP contribution is 2.30. The molecule has 0 radical (unpaired) electrons. The van der Waals surface area contributed by atoms with Crippen LogP contribution in [0.1, 0.15) is 51.8 Å². The van der Waals surface area contributed by atoms with Gasteiger partial charge in [0, 0.05) is 11.6 Å². The van der Waals surface area contributed by atoms with Gasteiger partial charge in [-0.1, -0.05) is 32.9 Å². The first-order valence-corrected chi connectivity index (χ1v) is 5.89. The van der Waals surface area contributed by atoms with Gasteiger partial charge in [0.1, 0.15) is 5.75 Å². The van der Waals surface area contributed by atoms with Crippen molar-refractivity contribution in [2.75, 3.05) is 6.61 Å². The molecule has 0 saturated heterocycles. The number of benzene rings is 1. The SMILES string of the molecule is CCOc1ccc(C(C)(C)C)cc1C(C)N. The van der Waals surface area contributed by atoms with E-state index in [2.05, 4.69) is 32.9 Å². The summed E-state index contributed by atoms with van der Waals surface area (Å²) in [6, 6.07) is 6.32. The zero-order valence-corrected chi connectivity index (χ0v) is 11.0. The minimum Gasteiger partial charge on any atom is -0.494 e. The Balaban J connectivity index is 3.17. The summed E-state index contributed by atoms with van der Waals surface area (Å²) in [6.45, 7) is 11.3. The maximum Gasteiger partial charge on any atom is 0.124 e. The summed E-state index contributed by atoms with van der Waals surface area (Å²) in [6.07, 6.45) is 0. The van der Waals surface area contributed by atoms with Crippen LogP contribution < -0.4 is 10.5 Å². The highest BCUT2D eigenvalue weighted by molar-refractivity contribution is 5.41. The predicted octanol–water partition coefficient (Wildman–Crippen LogP) is 3.40. The lowest BCUT2D eigenvalue weighted by atomic mass is 9.85. The Morgan fingerprint density at radius 2 is 1.94 bits per heavy atom. The number of hydrogen-bond donors (Lipinski definition) is 1. The third-order valence-electron chi connectivity index (χ3n) is 2.67. The van der Waals surface area contributed by atoms with Crippen LogP contribution in [0.5, 0.6) is 5.75 Å². The van der Waals surface area contributed by atoms with Crippen LogP contribution in [0.25, 0.3) is 0 Å². The first-order chi connectivity index (χ1) is 7.36. The van der Waals surface area contributed by atoms with Crippen LogP contribution in [-0.2, 0) is 5.41 Å². The summed E-state index contributed by atoms with van der Waals surface area (Å²) in [4.78, 5) is 0. The quantitative estimate of drug-likeness (QED) is 0.849. The Kier molecular flexibility index (Phi) is 3.98. The molecule has 0 bridgehead atoms. The highest BCUT2D eigenvalue weighted by atomic mass is 16.5. The Morgan fingerprint density at radius 1 is 1.31 bits per heavy atom. The molecule has 1 aromatic carbocycles. The van der Waals surface area contributed by atoms with Crippen molar-refractivity contribution >= 4 is 0 Å². The second kappa shape index (κ2) is 4.88. The average Bonchev–Trinajstić information content (AvgIpc) is 2.16. The van der Waals surface area contributed by atoms with Crippen LogP contribution in [0.15, 0.2) is 18.2 Å². The van der Waals surface area contributed by atoms with E-state index < -0.39 is 0 Å². The third kappa shape index (κ3) is 2.99. The summed E-state index contributed by atoms with van der Waals surface area (Å²) in [7, 11) is 0. The van der Waals surface area contributed by atoms with Crippen LogP contribution in [0, 0.1) is 0 Å². The first-order valence-electron chi connectivity index (χ1n) is 5.89. The standard InChI is InChI=1S/C14H23NO/c1-6-16-13-8-7-11(14(3,4)5)9-12(13)10(2)15/h7-10H,6,15H2,1-5H3. The molecule has 0 aliphatic heterocycles. The predicted molar refractivity (Wildman–Crippen MR) is 68.9 cm³/mol. The lowest BCUT2D eigenvalue weighted by molar-refractivity contribution is 0.334. The van der Waals surface area contributed by atoms with E-state index in [1.807, 2.05) is 19.9 Å². The highest BCUT2D eigenvalue weighted by Gasteiger charge is 2.17. The molecule has 1 aromatic rings. The first kappa shape index (κ1) is 13.0. The smallest absolute Gasteiger partial charge is 0.124 e. The van der Waals surface area contributed by atoms with Crippen molar-refractivity contribution in [3.05, 3.63) is 29.3 Å². The zero-order valence-electron chi connectivity index (χ0n) is 11.0. The van der Waals surface area contributed by atoms with E-state index in [1.54, 1.807) is 0 Å². The number of hydrogen-bond acceptors (Lipinski definition) is 2. The largest absolute Gasteiger partial charge is 0.494 e. The molecule has 0 aliphatic rings. The average molecular weight is 221 g/mol. The maximum atomic E-state index is 5.98. The summed E-state index contributed by atoms with van der Waals surface area (Å²) in [5.41, 5.74) is 8.51. The molecule has 0 amide bonds. The van der Waals surface area contributed by atoms with Gasteiger partial charge in [0.25, 0.3) is 0 Å². The van der Waals surface area contributed by atoms with Gasteiger partial charge in [-0.2, -0.15) is 0 Å². The van der Waals surface area contributed by atoms with Gasteiger partial charge >= 0.3 is 0 Å². The molecule has 0 spiro atoms. The number of nitrogens with two attached hydrogens (primary N) is 1. The molecule has 0 aliphatic carbocycles. The van der Waals surface area contributed by atoms with Gasteiger partial charge in [0.05, 0.1) is 6.61 Å². The molecule has 0 heterocycles. The van der Waals surface area contributed by atoms with Crippen LogP contribution >= 0.6 is 0 Å². The van der Waals surface area contributed by atoms with Crippen molar-refractivity contribution in [3.63, 3.8) is 0 Å². The normalized spacial score (nSPS) is 13.6. The van der Waals surface area contributed by atoms with E-state index in [0.717, 1.165) is 11.3 Å². The molecule has 90 valence electrons. The molecule has 16 heavy (non-hydrogen) atoms. The van der Waals surface area contributed by atoms with E-state index in [0.29, 0.717) is 6.61 Å². The van der Waals surface area contributed by atoms with Gasteiger partial charge in [-0.15, -0.1) is 0 Å². The summed E-state index contributed by atoms with van der Waals surface area (Å²) in [5.74, 6) is 0.908. The molecule has 2 N–H and O–H groups in total. The summed E-state index contributed by atoms with van der Waals surface area (Å²) in [5, 5.41) is 0. The number of rotatable bonds is 3. The van der Waals surface area contributed by atoms with Crippen molar-refractivity contribution in [1.29, 1.82) is 0 Å². The lowest BCUT2D eigenvalue weighted by Crippen LogP contribution is -2.14. The molecular weight excluding hydrogens is 198 g/mol. The van der Waals surface area contributed by atoms with Gasteiger partial charge < -0.3 is 10.5 Å². The third-order valence-corrected chi connectivity index (χ3v) is 2.67. The van der Waals surface area contributed by atoms with E-state index in [9.17, 15) is 0 Å². The number of ether oxygens (including phenoxy) is 1. The van der Waals surface area contributed by atoms with Crippen molar-refractivity contribution in [1.82, 2.24) is 0 Å². The Morgan fingerprint density at radius 3 is 2.38 bits per heavy atom. The Labute approximate surface area is 98.8 Å². The Bertz CT molecular complexity index is 350. The fourth-order valence-corrected chi connectivity index (χ4v) is 1.66. The molecule has 2 heteroatoms. The van der Waals surface area contributed by atoms with Gasteiger partial charge in [0.15, 0.2) is 0 Å². The van der Waals surface area contributed by atoms with Crippen molar-refractivity contribution in [2.24, 2.45) is 5.73 Å². The molecule has 0 aromatic heterocycles. The second-order valence-corrected chi connectivity index (χ2v) is 5.22. The second-order valence-electron chi connectivity index (χ2n) is 5.22. The topological polar surface area (TPSA) is 35.2 Å². The minimum absolute atomic E-state index is 0.00356. The minimum atomic E-state index is 0.00356. The molecule has 1 unspecified atom stereocenters. The molecular formula is C14H23NO. The maximum absolute atomic E-state index is 5.98. The van der Waals surface area contributed by atoms with Crippen LogP contribution in [-0.4, -0.2) is 6.61 Å². The van der Waals surface area contributed by atoms with Gasteiger partial charge in [0.2, 0.25) is 0 Å². The van der Waals surface area contributed by atoms with Crippen molar-refractivity contribution in [3.8, 4) is 5.75 Å². The Hall–Kier alpha value is -1.02. The van der Waals surface area contributed by atoms with Crippen molar-refractivity contribution < 1.29 is 4.74 Å². The zero-order chi connectivity index (χ0) is 12.3. The molecule has 0 fully saturated rings. The summed E-state index contributed by atoms with van der Waals surface area (Å²) >= 11 is 0. The molecule has 0 saturated carbocycles. The molecule has 1 atom stereocenters. The van der Waals surface area contributed by atoms with Crippen LogP contribution in [0.2, 0.25) is 0 Å². The molecule has 2 nitrogen and oxygen atoms in total. The van der Waals surface area contributed by atoms with Gasteiger partial charge in [-0.3, -0.25) is 0 Å². The van der Waals surface area contributed by atoms with E-state index in [1.165, 1.54) is 5.56 Å².